The van der Waals surface area contributed by atoms with Crippen LogP contribution in [0.2, 0.25) is 0 Å². The van der Waals surface area contributed by atoms with Crippen molar-refractivity contribution in [2.45, 2.75) is 57.9 Å². The predicted molar refractivity (Wildman–Crippen MR) is 58.6 cm³/mol. The highest BCUT2D eigenvalue weighted by Gasteiger charge is 1.99. The molecule has 1 N–H and O–H groups in total. The molecular weight excluding hydrogens is 194 g/mol. The molecule has 0 aliphatic carbocycles. The Balaban J connectivity index is 3.18. The van der Waals surface area contributed by atoms with Crippen molar-refractivity contribution in [1.82, 2.24) is 0 Å². The third-order valence-electron chi connectivity index (χ3n) is 2.26. The van der Waals surface area contributed by atoms with Gasteiger partial charge in [-0.15, -0.1) is 0 Å². The molecular formula is C10H19N3O2. The first-order chi connectivity index (χ1) is 7.16. The van der Waals surface area contributed by atoms with Crippen molar-refractivity contribution < 1.29 is 9.90 Å². The van der Waals surface area contributed by atoms with E-state index in [1.807, 2.05) is 6.92 Å². The summed E-state index contributed by atoms with van der Waals surface area (Å²) in [6.07, 6.45) is 6.13. The van der Waals surface area contributed by atoms with Crippen LogP contribution in [-0.2, 0) is 4.79 Å². The summed E-state index contributed by atoms with van der Waals surface area (Å²) >= 11 is 0. The van der Waals surface area contributed by atoms with Gasteiger partial charge in [0.1, 0.15) is 0 Å². The number of nitrogens with zero attached hydrogens (tertiary/aromatic N) is 3. The number of hydrogen-bond acceptors (Lipinski definition) is 2. The van der Waals surface area contributed by atoms with Crippen LogP contribution >= 0.6 is 0 Å². The van der Waals surface area contributed by atoms with Gasteiger partial charge in [0.15, 0.2) is 0 Å². The zero-order chi connectivity index (χ0) is 11.5. The molecule has 0 aliphatic rings. The van der Waals surface area contributed by atoms with Crippen LogP contribution in [0, 0.1) is 0 Å². The van der Waals surface area contributed by atoms with Crippen LogP contribution < -0.4 is 0 Å². The molecule has 0 saturated carbocycles. The van der Waals surface area contributed by atoms with E-state index in [1.165, 1.54) is 0 Å². The summed E-state index contributed by atoms with van der Waals surface area (Å²) in [5, 5.41) is 12.0. The highest BCUT2D eigenvalue weighted by Crippen LogP contribution is 2.10. The van der Waals surface area contributed by atoms with Gasteiger partial charge in [0.05, 0.1) is 0 Å². The molecule has 0 spiro atoms. The van der Waals surface area contributed by atoms with Crippen LogP contribution in [0.4, 0.5) is 0 Å². The van der Waals surface area contributed by atoms with Crippen LogP contribution in [0.15, 0.2) is 5.11 Å². The van der Waals surface area contributed by atoms with E-state index in [9.17, 15) is 4.79 Å². The molecule has 0 amide bonds. The van der Waals surface area contributed by atoms with Crippen molar-refractivity contribution in [3.8, 4) is 0 Å². The number of azide groups is 1. The summed E-state index contributed by atoms with van der Waals surface area (Å²) in [4.78, 5) is 12.9. The number of aliphatic carboxylic acids is 1. The smallest absolute Gasteiger partial charge is 0.303 e. The van der Waals surface area contributed by atoms with Crippen LogP contribution in [0.25, 0.3) is 10.4 Å². The summed E-state index contributed by atoms with van der Waals surface area (Å²) < 4.78 is 0. The number of unbranched alkanes of at least 4 members (excludes halogenated alkanes) is 4. The van der Waals surface area contributed by atoms with Gasteiger partial charge in [-0.05, 0) is 18.4 Å². The van der Waals surface area contributed by atoms with E-state index in [4.69, 9.17) is 10.6 Å². The molecule has 5 nitrogen and oxygen atoms in total. The minimum Gasteiger partial charge on any atom is -0.481 e. The standard InChI is InChI=1S/C10H19N3O2/c1-9(12-13-11)7-5-3-2-4-6-8-10(14)15/h9H,2-8H2,1H3,(H,14,15). The fourth-order valence-electron chi connectivity index (χ4n) is 1.39. The summed E-state index contributed by atoms with van der Waals surface area (Å²) in [6.45, 7) is 1.91. The molecule has 15 heavy (non-hydrogen) atoms. The van der Waals surface area contributed by atoms with Crippen molar-refractivity contribution in [3.05, 3.63) is 10.4 Å². The zero-order valence-corrected chi connectivity index (χ0v) is 9.22. The Kier molecular flexibility index (Phi) is 8.58. The number of carbonyl (C=O) groups is 1. The van der Waals surface area contributed by atoms with Gasteiger partial charge in [0.2, 0.25) is 0 Å². The maximum atomic E-state index is 10.2. The summed E-state index contributed by atoms with van der Waals surface area (Å²) in [6, 6.07) is 0.0778. The predicted octanol–water partition coefficient (Wildman–Crippen LogP) is 3.50. The minimum atomic E-state index is -0.716. The lowest BCUT2D eigenvalue weighted by Crippen LogP contribution is -1.96. The van der Waals surface area contributed by atoms with E-state index in [-0.39, 0.29) is 12.5 Å². The average Bonchev–Trinajstić information content (AvgIpc) is 2.16. The third kappa shape index (κ3) is 10.7. The average molecular weight is 213 g/mol. The molecule has 86 valence electrons. The molecule has 0 aromatic rings. The van der Waals surface area contributed by atoms with E-state index < -0.39 is 5.97 Å². The topological polar surface area (TPSA) is 86.1 Å². The molecule has 0 rings (SSSR count). The van der Waals surface area contributed by atoms with Crippen molar-refractivity contribution >= 4 is 5.97 Å². The van der Waals surface area contributed by atoms with Crippen molar-refractivity contribution in [2.24, 2.45) is 5.11 Å². The first-order valence-electron chi connectivity index (χ1n) is 5.43. The number of carboxylic acid groups (broad SMARTS) is 1. The quantitative estimate of drug-likeness (QED) is 0.275. The van der Waals surface area contributed by atoms with Crippen molar-refractivity contribution in [1.29, 1.82) is 0 Å². The van der Waals surface area contributed by atoms with Gasteiger partial charge in [-0.3, -0.25) is 4.79 Å². The molecule has 1 atom stereocenters. The molecule has 0 bridgehead atoms. The minimum absolute atomic E-state index is 0.0778. The molecule has 0 aromatic heterocycles. The van der Waals surface area contributed by atoms with Gasteiger partial charge in [0.25, 0.3) is 0 Å². The molecule has 0 fully saturated rings. The zero-order valence-electron chi connectivity index (χ0n) is 9.22. The second-order valence-electron chi connectivity index (χ2n) is 3.75. The largest absolute Gasteiger partial charge is 0.481 e. The SMILES string of the molecule is CC(CCCCCCCC(=O)O)N=[N+]=[N-]. The Bertz CT molecular complexity index is 225. The fraction of sp³-hybridized carbons (Fsp3) is 0.900. The monoisotopic (exact) mass is 213 g/mol. The maximum absolute atomic E-state index is 10.2. The van der Waals surface area contributed by atoms with Crippen molar-refractivity contribution in [3.63, 3.8) is 0 Å². The van der Waals surface area contributed by atoms with Crippen LogP contribution in [0.5, 0.6) is 0 Å². The Morgan fingerprint density at radius 1 is 1.33 bits per heavy atom. The second-order valence-corrected chi connectivity index (χ2v) is 3.75. The van der Waals surface area contributed by atoms with E-state index in [0.29, 0.717) is 0 Å². The van der Waals surface area contributed by atoms with Crippen LogP contribution in [0.1, 0.15) is 51.9 Å². The molecule has 5 heteroatoms. The van der Waals surface area contributed by atoms with Gasteiger partial charge in [0, 0.05) is 17.4 Å². The number of hydrogen-bond donors (Lipinski definition) is 1. The van der Waals surface area contributed by atoms with Gasteiger partial charge in [-0.2, -0.15) is 0 Å². The van der Waals surface area contributed by atoms with Gasteiger partial charge >= 0.3 is 5.97 Å². The van der Waals surface area contributed by atoms with Crippen LogP contribution in [-0.4, -0.2) is 17.1 Å². The Morgan fingerprint density at radius 3 is 2.53 bits per heavy atom. The Labute approximate surface area is 90.1 Å². The van der Waals surface area contributed by atoms with Gasteiger partial charge in [-0.1, -0.05) is 37.7 Å². The van der Waals surface area contributed by atoms with Crippen LogP contribution in [0.3, 0.4) is 0 Å². The first kappa shape index (κ1) is 13.8. The van der Waals surface area contributed by atoms with Crippen molar-refractivity contribution in [2.75, 3.05) is 0 Å². The third-order valence-corrected chi connectivity index (χ3v) is 2.26. The first-order valence-corrected chi connectivity index (χ1v) is 5.43. The lowest BCUT2D eigenvalue weighted by molar-refractivity contribution is -0.137. The summed E-state index contributed by atoms with van der Waals surface area (Å²) in [5.74, 6) is -0.716. The molecule has 1 unspecified atom stereocenters. The van der Waals surface area contributed by atoms with Gasteiger partial charge < -0.3 is 5.11 Å². The maximum Gasteiger partial charge on any atom is 0.303 e. The Morgan fingerprint density at radius 2 is 1.93 bits per heavy atom. The molecule has 0 heterocycles. The van der Waals surface area contributed by atoms with E-state index in [2.05, 4.69) is 10.0 Å². The molecule has 0 aromatic carbocycles. The number of rotatable bonds is 9. The second kappa shape index (κ2) is 9.34. The number of carboxylic acids is 1. The normalized spacial score (nSPS) is 11.8. The van der Waals surface area contributed by atoms with E-state index >= 15 is 0 Å². The Hall–Kier alpha value is -1.22. The summed E-state index contributed by atoms with van der Waals surface area (Å²) in [7, 11) is 0. The highest BCUT2D eigenvalue weighted by molar-refractivity contribution is 5.66. The molecule has 0 saturated heterocycles. The lowest BCUT2D eigenvalue weighted by atomic mass is 10.1. The fourth-order valence-corrected chi connectivity index (χ4v) is 1.39. The van der Waals surface area contributed by atoms with E-state index in [1.54, 1.807) is 0 Å². The highest BCUT2D eigenvalue weighted by atomic mass is 16.4. The lowest BCUT2D eigenvalue weighted by Gasteiger charge is -2.03. The summed E-state index contributed by atoms with van der Waals surface area (Å²) in [5.41, 5.74) is 8.16. The van der Waals surface area contributed by atoms with Gasteiger partial charge in [-0.25, -0.2) is 0 Å². The molecule has 0 aliphatic heterocycles. The molecule has 0 radical (unpaired) electrons. The van der Waals surface area contributed by atoms with E-state index in [0.717, 1.165) is 38.5 Å².